The van der Waals surface area contributed by atoms with Crippen molar-refractivity contribution in [2.45, 2.75) is 45.1 Å². The van der Waals surface area contributed by atoms with Crippen LogP contribution >= 0.6 is 11.3 Å². The fourth-order valence-corrected chi connectivity index (χ4v) is 3.38. The molecule has 0 amide bonds. The molecule has 0 bridgehead atoms. The number of thiophene rings is 1. The molecule has 0 aliphatic rings. The van der Waals surface area contributed by atoms with Crippen LogP contribution < -0.4 is 10.5 Å². The quantitative estimate of drug-likeness (QED) is 0.499. The Bertz CT molecular complexity index is 694. The molecule has 136 valence electrons. The molecule has 2 rings (SSSR count). The molecule has 0 saturated carbocycles. The Morgan fingerprint density at radius 1 is 1.32 bits per heavy atom. The van der Waals surface area contributed by atoms with Gasteiger partial charge >= 0.3 is 0 Å². The molecule has 0 radical (unpaired) electrons. The van der Waals surface area contributed by atoms with Gasteiger partial charge in [0, 0.05) is 16.8 Å². The number of rotatable bonds is 10. The lowest BCUT2D eigenvalue weighted by molar-refractivity contribution is 0.0977. The van der Waals surface area contributed by atoms with Crippen LogP contribution in [0.25, 0.3) is 0 Å². The molecule has 2 aromatic rings. The standard InChI is InChI=1S/C20H27NO3S/c1-15-5-3-6-16(13-15)24-12-4-7-18(23)19-9-8-17(25-19)10-11-20(2,21)14-22/h3,5-6,8-9,13,22H,4,7,10-12,14,21H2,1-2H3. The maximum absolute atomic E-state index is 12.3. The van der Waals surface area contributed by atoms with E-state index in [9.17, 15) is 9.90 Å². The minimum Gasteiger partial charge on any atom is -0.494 e. The summed E-state index contributed by atoms with van der Waals surface area (Å²) in [6, 6.07) is 11.8. The highest BCUT2D eigenvalue weighted by molar-refractivity contribution is 7.14. The first-order valence-corrected chi connectivity index (χ1v) is 9.42. The number of hydrogen-bond acceptors (Lipinski definition) is 5. The summed E-state index contributed by atoms with van der Waals surface area (Å²) in [6.07, 6.45) is 2.66. The van der Waals surface area contributed by atoms with E-state index in [1.54, 1.807) is 0 Å². The molecule has 3 N–H and O–H groups in total. The predicted octanol–water partition coefficient (Wildman–Crippen LogP) is 3.74. The van der Waals surface area contributed by atoms with Gasteiger partial charge in [0.25, 0.3) is 0 Å². The second kappa shape index (κ2) is 9.13. The second-order valence-electron chi connectivity index (χ2n) is 6.77. The molecule has 1 heterocycles. The summed E-state index contributed by atoms with van der Waals surface area (Å²) in [5, 5.41) is 9.20. The Labute approximate surface area is 153 Å². The van der Waals surface area contributed by atoms with Crippen molar-refractivity contribution in [3.8, 4) is 5.75 Å². The van der Waals surface area contributed by atoms with Gasteiger partial charge < -0.3 is 15.6 Å². The first-order valence-electron chi connectivity index (χ1n) is 8.61. The molecular weight excluding hydrogens is 334 g/mol. The van der Waals surface area contributed by atoms with E-state index < -0.39 is 5.54 Å². The van der Waals surface area contributed by atoms with Crippen LogP contribution in [0.3, 0.4) is 0 Å². The van der Waals surface area contributed by atoms with E-state index >= 15 is 0 Å². The van der Waals surface area contributed by atoms with E-state index in [4.69, 9.17) is 10.5 Å². The van der Waals surface area contributed by atoms with Crippen LogP contribution in [-0.2, 0) is 6.42 Å². The maximum atomic E-state index is 12.3. The molecule has 0 aliphatic heterocycles. The van der Waals surface area contributed by atoms with Crippen LogP contribution in [0, 0.1) is 6.92 Å². The summed E-state index contributed by atoms with van der Waals surface area (Å²) in [7, 11) is 0. The third kappa shape index (κ3) is 6.61. The van der Waals surface area contributed by atoms with Gasteiger partial charge in [0.2, 0.25) is 0 Å². The van der Waals surface area contributed by atoms with Gasteiger partial charge in [0.1, 0.15) is 5.75 Å². The molecule has 0 fully saturated rings. The third-order valence-corrected chi connectivity index (χ3v) is 5.23. The van der Waals surface area contributed by atoms with Crippen LogP contribution in [-0.4, -0.2) is 29.6 Å². The van der Waals surface area contributed by atoms with Crippen molar-refractivity contribution in [1.82, 2.24) is 0 Å². The zero-order valence-corrected chi connectivity index (χ0v) is 15.8. The third-order valence-electron chi connectivity index (χ3n) is 4.05. The molecule has 1 aromatic heterocycles. The van der Waals surface area contributed by atoms with Crippen molar-refractivity contribution in [2.24, 2.45) is 5.73 Å². The summed E-state index contributed by atoms with van der Waals surface area (Å²) in [4.78, 5) is 14.2. The van der Waals surface area contributed by atoms with Gasteiger partial charge in [-0.05, 0) is 62.9 Å². The van der Waals surface area contributed by atoms with Crippen LogP contribution in [0.1, 0.15) is 46.3 Å². The van der Waals surface area contributed by atoms with Gasteiger partial charge in [-0.15, -0.1) is 11.3 Å². The average Bonchev–Trinajstić information content (AvgIpc) is 3.06. The number of benzene rings is 1. The summed E-state index contributed by atoms with van der Waals surface area (Å²) >= 11 is 1.52. The Kier molecular flexibility index (Phi) is 7.17. The average molecular weight is 362 g/mol. The lowest BCUT2D eigenvalue weighted by atomic mass is 9.98. The smallest absolute Gasteiger partial charge is 0.172 e. The van der Waals surface area contributed by atoms with E-state index in [0.29, 0.717) is 25.9 Å². The van der Waals surface area contributed by atoms with Crippen molar-refractivity contribution >= 4 is 17.1 Å². The molecule has 0 spiro atoms. The van der Waals surface area contributed by atoms with E-state index in [1.807, 2.05) is 50.2 Å². The largest absolute Gasteiger partial charge is 0.494 e. The Balaban J connectivity index is 1.74. The van der Waals surface area contributed by atoms with E-state index in [-0.39, 0.29) is 12.4 Å². The number of aryl methyl sites for hydroxylation is 2. The Morgan fingerprint density at radius 3 is 2.84 bits per heavy atom. The number of ketones is 1. The Hall–Kier alpha value is -1.69. The van der Waals surface area contributed by atoms with Crippen molar-refractivity contribution in [3.63, 3.8) is 0 Å². The van der Waals surface area contributed by atoms with Gasteiger partial charge in [-0.2, -0.15) is 0 Å². The van der Waals surface area contributed by atoms with E-state index in [2.05, 4.69) is 0 Å². The molecule has 25 heavy (non-hydrogen) atoms. The lowest BCUT2D eigenvalue weighted by Crippen LogP contribution is -2.40. The minimum atomic E-state index is -0.568. The number of carbonyl (C=O) groups is 1. The molecule has 1 aromatic carbocycles. The molecule has 0 saturated heterocycles. The topological polar surface area (TPSA) is 72.5 Å². The molecule has 5 heteroatoms. The second-order valence-corrected chi connectivity index (χ2v) is 7.94. The first-order chi connectivity index (χ1) is 11.9. The molecule has 4 nitrogen and oxygen atoms in total. The molecule has 0 aliphatic carbocycles. The van der Waals surface area contributed by atoms with E-state index in [0.717, 1.165) is 27.5 Å². The van der Waals surface area contributed by atoms with Crippen molar-refractivity contribution in [3.05, 3.63) is 51.7 Å². The molecular formula is C20H27NO3S. The Morgan fingerprint density at radius 2 is 2.12 bits per heavy atom. The summed E-state index contributed by atoms with van der Waals surface area (Å²) < 4.78 is 5.68. The number of aliphatic hydroxyl groups excluding tert-OH is 1. The van der Waals surface area contributed by atoms with Crippen molar-refractivity contribution in [2.75, 3.05) is 13.2 Å². The zero-order chi connectivity index (χ0) is 18.3. The highest BCUT2D eigenvalue weighted by Crippen LogP contribution is 2.22. The molecule has 1 unspecified atom stereocenters. The van der Waals surface area contributed by atoms with Crippen LogP contribution in [0.4, 0.5) is 0 Å². The zero-order valence-electron chi connectivity index (χ0n) is 15.0. The number of ether oxygens (including phenoxy) is 1. The number of aliphatic hydroxyl groups is 1. The van der Waals surface area contributed by atoms with Crippen molar-refractivity contribution in [1.29, 1.82) is 0 Å². The summed E-state index contributed by atoms with van der Waals surface area (Å²) in [6.45, 7) is 4.36. The highest BCUT2D eigenvalue weighted by Gasteiger charge is 2.17. The van der Waals surface area contributed by atoms with Gasteiger partial charge in [0.15, 0.2) is 5.78 Å². The SMILES string of the molecule is Cc1cccc(OCCCC(=O)c2ccc(CCC(C)(N)CO)s2)c1. The van der Waals surface area contributed by atoms with Gasteiger partial charge in [-0.25, -0.2) is 0 Å². The number of hydrogen-bond donors (Lipinski definition) is 2. The van der Waals surface area contributed by atoms with Crippen molar-refractivity contribution < 1.29 is 14.6 Å². The van der Waals surface area contributed by atoms with Gasteiger partial charge in [-0.3, -0.25) is 4.79 Å². The number of nitrogens with two attached hydrogens (primary N) is 1. The maximum Gasteiger partial charge on any atom is 0.172 e. The minimum absolute atomic E-state index is 0.0366. The van der Waals surface area contributed by atoms with Crippen LogP contribution in [0.2, 0.25) is 0 Å². The predicted molar refractivity (Wildman–Crippen MR) is 103 cm³/mol. The normalized spacial score (nSPS) is 13.4. The monoisotopic (exact) mass is 361 g/mol. The van der Waals surface area contributed by atoms with Gasteiger partial charge in [-0.1, -0.05) is 12.1 Å². The molecule has 1 atom stereocenters. The first kappa shape index (κ1) is 19.6. The summed E-state index contributed by atoms with van der Waals surface area (Å²) in [5.41, 5.74) is 6.54. The van der Waals surface area contributed by atoms with Crippen LogP contribution in [0.5, 0.6) is 5.75 Å². The number of carbonyl (C=O) groups excluding carboxylic acids is 1. The lowest BCUT2D eigenvalue weighted by Gasteiger charge is -2.20. The fraction of sp³-hybridized carbons (Fsp3) is 0.450. The number of Topliss-reactive ketones (excluding diaryl/α,β-unsaturated/α-hetero) is 1. The van der Waals surface area contributed by atoms with Crippen LogP contribution in [0.15, 0.2) is 36.4 Å². The summed E-state index contributed by atoms with van der Waals surface area (Å²) in [5.74, 6) is 1.00. The fourth-order valence-electron chi connectivity index (χ4n) is 2.40. The highest BCUT2D eigenvalue weighted by atomic mass is 32.1. The van der Waals surface area contributed by atoms with Gasteiger partial charge in [0.05, 0.1) is 18.1 Å². The van der Waals surface area contributed by atoms with E-state index in [1.165, 1.54) is 11.3 Å².